The number of rotatable bonds is 11. The summed E-state index contributed by atoms with van der Waals surface area (Å²) in [5.74, 6) is 0.713. The first-order valence-electron chi connectivity index (χ1n) is 13.4. The Morgan fingerprint density at radius 3 is 2.38 bits per heavy atom. The number of carbonyl (C=O) groups excluding carboxylic acids is 1. The summed E-state index contributed by atoms with van der Waals surface area (Å²) in [5.41, 5.74) is 6.85. The molecule has 7 nitrogen and oxygen atoms in total. The van der Waals surface area contributed by atoms with Gasteiger partial charge in [-0.25, -0.2) is 10.1 Å². The number of para-hydroxylation sites is 1. The number of hydrogen-bond donors (Lipinski definition) is 1. The predicted octanol–water partition coefficient (Wildman–Crippen LogP) is 7.73. The van der Waals surface area contributed by atoms with Crippen molar-refractivity contribution in [1.82, 2.24) is 15.2 Å². The van der Waals surface area contributed by atoms with Gasteiger partial charge in [-0.1, -0.05) is 78.7 Å². The van der Waals surface area contributed by atoms with Crippen molar-refractivity contribution in [2.45, 2.75) is 26.1 Å². The van der Waals surface area contributed by atoms with Crippen LogP contribution in [0.5, 0.6) is 11.5 Å². The lowest BCUT2D eigenvalue weighted by Gasteiger charge is -2.16. The van der Waals surface area contributed by atoms with Crippen LogP contribution in [0.4, 0.5) is 0 Å². The van der Waals surface area contributed by atoms with Gasteiger partial charge in [-0.05, 0) is 66.6 Å². The number of nitrogens with zero attached hydrogens (tertiary/aromatic N) is 3. The largest absolute Gasteiger partial charge is 0.489 e. The van der Waals surface area contributed by atoms with Gasteiger partial charge in [0, 0.05) is 22.3 Å². The lowest BCUT2D eigenvalue weighted by atomic mass is 10.1. The number of ether oxygens (including phenoxy) is 2. The normalized spacial score (nSPS) is 11.8. The number of amides is 1. The summed E-state index contributed by atoms with van der Waals surface area (Å²) in [4.78, 5) is 12.9. The summed E-state index contributed by atoms with van der Waals surface area (Å²) < 4.78 is 13.5. The van der Waals surface area contributed by atoms with Crippen LogP contribution in [-0.2, 0) is 11.4 Å². The van der Waals surface area contributed by atoms with Gasteiger partial charge in [-0.2, -0.15) is 10.2 Å². The van der Waals surface area contributed by atoms with Crippen molar-refractivity contribution < 1.29 is 14.3 Å². The Hall–Kier alpha value is -4.59. The molecule has 0 bridgehead atoms. The van der Waals surface area contributed by atoms with Crippen LogP contribution in [0.25, 0.3) is 16.9 Å². The summed E-state index contributed by atoms with van der Waals surface area (Å²) in [6.07, 6.45) is 3.05. The zero-order chi connectivity index (χ0) is 29.3. The number of carbonyl (C=O) groups is 1. The highest BCUT2D eigenvalue weighted by Gasteiger charge is 2.19. The molecule has 9 heteroatoms. The highest BCUT2D eigenvalue weighted by Crippen LogP contribution is 2.29. The molecule has 0 radical (unpaired) electrons. The fraction of sp³-hybridized carbons (Fsp3) is 0.121. The van der Waals surface area contributed by atoms with Crippen molar-refractivity contribution in [3.63, 3.8) is 0 Å². The second-order valence-electron chi connectivity index (χ2n) is 9.34. The topological polar surface area (TPSA) is 77.7 Å². The number of benzene rings is 4. The Bertz CT molecular complexity index is 1660. The molecule has 0 fully saturated rings. The van der Waals surface area contributed by atoms with E-state index in [9.17, 15) is 4.79 Å². The van der Waals surface area contributed by atoms with Crippen LogP contribution in [0.2, 0.25) is 10.0 Å². The minimum absolute atomic E-state index is 0.326. The van der Waals surface area contributed by atoms with E-state index in [4.69, 9.17) is 37.8 Å². The van der Waals surface area contributed by atoms with Crippen LogP contribution >= 0.6 is 23.2 Å². The Morgan fingerprint density at radius 2 is 1.69 bits per heavy atom. The third kappa shape index (κ3) is 7.37. The van der Waals surface area contributed by atoms with Gasteiger partial charge in [0.1, 0.15) is 23.8 Å². The molecule has 0 aliphatic carbocycles. The Labute approximate surface area is 254 Å². The standard InChI is InChI=1S/C33H28Cl2N4O3/c1-2-30(42-31-18-15-26(34)19-29(31)35)33(40)37-36-20-25-21-39(27-11-7-4-8-12-27)38-32(25)24-13-16-28(17-14-24)41-22-23-9-5-3-6-10-23/h3-21,30H,2,22H2,1H3,(H,37,40)/b36-20+. The molecule has 1 N–H and O–H groups in total. The second kappa shape index (κ2) is 13.9. The molecule has 212 valence electrons. The zero-order valence-electron chi connectivity index (χ0n) is 22.8. The second-order valence-corrected chi connectivity index (χ2v) is 10.2. The van der Waals surface area contributed by atoms with Gasteiger partial charge in [-0.15, -0.1) is 0 Å². The fourth-order valence-corrected chi connectivity index (χ4v) is 4.61. The average Bonchev–Trinajstić information content (AvgIpc) is 3.45. The molecule has 0 spiro atoms. The first kappa shape index (κ1) is 28.9. The predicted molar refractivity (Wildman–Crippen MR) is 167 cm³/mol. The molecule has 5 aromatic rings. The molecule has 42 heavy (non-hydrogen) atoms. The van der Waals surface area contributed by atoms with Crippen LogP contribution in [0.3, 0.4) is 0 Å². The van der Waals surface area contributed by atoms with Crippen molar-refractivity contribution in [3.8, 4) is 28.4 Å². The van der Waals surface area contributed by atoms with Crippen LogP contribution in [-0.4, -0.2) is 28.0 Å². The first-order valence-corrected chi connectivity index (χ1v) is 14.1. The highest BCUT2D eigenvalue weighted by atomic mass is 35.5. The lowest BCUT2D eigenvalue weighted by molar-refractivity contribution is -0.128. The van der Waals surface area contributed by atoms with Gasteiger partial charge in [0.15, 0.2) is 6.10 Å². The van der Waals surface area contributed by atoms with Gasteiger partial charge in [-0.3, -0.25) is 4.79 Å². The minimum atomic E-state index is -0.796. The monoisotopic (exact) mass is 598 g/mol. The molecule has 1 aromatic heterocycles. The molecular formula is C33H28Cl2N4O3. The Balaban J connectivity index is 1.33. The summed E-state index contributed by atoms with van der Waals surface area (Å²) in [5, 5.41) is 9.85. The smallest absolute Gasteiger partial charge is 0.281 e. The molecule has 1 amide bonds. The van der Waals surface area contributed by atoms with E-state index >= 15 is 0 Å². The summed E-state index contributed by atoms with van der Waals surface area (Å²) in [6, 6.07) is 32.3. The molecule has 1 heterocycles. The molecule has 4 aromatic carbocycles. The van der Waals surface area contributed by atoms with Gasteiger partial charge in [0.05, 0.1) is 16.9 Å². The van der Waals surface area contributed by atoms with Crippen molar-refractivity contribution in [2.24, 2.45) is 5.10 Å². The third-order valence-corrected chi connectivity index (χ3v) is 6.87. The molecule has 0 saturated carbocycles. The number of aromatic nitrogens is 2. The van der Waals surface area contributed by atoms with Gasteiger partial charge >= 0.3 is 0 Å². The van der Waals surface area contributed by atoms with Crippen LogP contribution in [0.1, 0.15) is 24.5 Å². The van der Waals surface area contributed by atoms with Crippen LogP contribution in [0, 0.1) is 0 Å². The molecule has 1 atom stereocenters. The quantitative estimate of drug-likeness (QED) is 0.125. The van der Waals surface area contributed by atoms with Crippen molar-refractivity contribution in [2.75, 3.05) is 0 Å². The van der Waals surface area contributed by atoms with E-state index < -0.39 is 12.0 Å². The summed E-state index contributed by atoms with van der Waals surface area (Å²) in [7, 11) is 0. The summed E-state index contributed by atoms with van der Waals surface area (Å²) >= 11 is 12.2. The molecule has 0 saturated heterocycles. The maximum absolute atomic E-state index is 12.9. The number of hydrazone groups is 1. The van der Waals surface area contributed by atoms with E-state index in [1.165, 1.54) is 0 Å². The van der Waals surface area contributed by atoms with Crippen molar-refractivity contribution in [3.05, 3.63) is 130 Å². The van der Waals surface area contributed by atoms with Crippen molar-refractivity contribution >= 4 is 35.3 Å². The van der Waals surface area contributed by atoms with E-state index in [1.807, 2.05) is 98.0 Å². The van der Waals surface area contributed by atoms with Crippen molar-refractivity contribution in [1.29, 1.82) is 0 Å². The SMILES string of the molecule is CCC(Oc1ccc(Cl)cc1Cl)C(=O)N/N=C/c1cn(-c2ccccc2)nc1-c1ccc(OCc2ccccc2)cc1. The molecular weight excluding hydrogens is 571 g/mol. The molecule has 0 aliphatic rings. The first-order chi connectivity index (χ1) is 20.5. The maximum atomic E-state index is 12.9. The van der Waals surface area contributed by atoms with E-state index in [0.29, 0.717) is 40.1 Å². The average molecular weight is 600 g/mol. The van der Waals surface area contributed by atoms with E-state index in [-0.39, 0.29) is 0 Å². The maximum Gasteiger partial charge on any atom is 0.281 e. The number of halogens is 2. The lowest BCUT2D eigenvalue weighted by Crippen LogP contribution is -2.35. The van der Waals surface area contributed by atoms with E-state index in [1.54, 1.807) is 29.1 Å². The van der Waals surface area contributed by atoms with Gasteiger partial charge in [0.2, 0.25) is 0 Å². The highest BCUT2D eigenvalue weighted by molar-refractivity contribution is 6.35. The fourth-order valence-electron chi connectivity index (χ4n) is 4.15. The number of nitrogens with one attached hydrogen (secondary N) is 1. The van der Waals surface area contributed by atoms with Crippen LogP contribution < -0.4 is 14.9 Å². The van der Waals surface area contributed by atoms with E-state index in [2.05, 4.69) is 10.5 Å². The molecule has 1 unspecified atom stereocenters. The molecule has 0 aliphatic heterocycles. The zero-order valence-corrected chi connectivity index (χ0v) is 24.3. The minimum Gasteiger partial charge on any atom is -0.489 e. The summed E-state index contributed by atoms with van der Waals surface area (Å²) in [6.45, 7) is 2.32. The number of hydrogen-bond acceptors (Lipinski definition) is 5. The Morgan fingerprint density at radius 1 is 0.976 bits per heavy atom. The van der Waals surface area contributed by atoms with Gasteiger partial charge < -0.3 is 9.47 Å². The van der Waals surface area contributed by atoms with Gasteiger partial charge in [0.25, 0.3) is 5.91 Å². The van der Waals surface area contributed by atoms with Crippen LogP contribution in [0.15, 0.2) is 114 Å². The Kier molecular flexibility index (Phi) is 9.54. The van der Waals surface area contributed by atoms with E-state index in [0.717, 1.165) is 22.6 Å². The third-order valence-electron chi connectivity index (χ3n) is 6.34. The molecule has 5 rings (SSSR count).